The van der Waals surface area contributed by atoms with Crippen molar-refractivity contribution in [2.75, 3.05) is 13.1 Å². The van der Waals surface area contributed by atoms with Crippen molar-refractivity contribution in [3.05, 3.63) is 34.9 Å². The molecule has 0 bridgehead atoms. The number of aliphatic hydroxyl groups is 1. The molecule has 2 N–H and O–H groups in total. The van der Waals surface area contributed by atoms with Gasteiger partial charge in [-0.25, -0.2) is 14.5 Å². The highest BCUT2D eigenvalue weighted by molar-refractivity contribution is 6.30. The molecule has 1 heterocycles. The Morgan fingerprint density at radius 1 is 1.07 bits per heavy atom. The fraction of sp³-hybridized carbons (Fsp3) is 0.619. The fourth-order valence-corrected chi connectivity index (χ4v) is 4.92. The van der Waals surface area contributed by atoms with Crippen LogP contribution in [0.4, 0.5) is 9.59 Å². The second-order valence-electron chi connectivity index (χ2n) is 9.03. The molecule has 1 atom stereocenters. The summed E-state index contributed by atoms with van der Waals surface area (Å²) in [5.74, 6) is 0. The predicted octanol–water partition coefficient (Wildman–Crippen LogP) is 4.69. The summed E-state index contributed by atoms with van der Waals surface area (Å²) in [6, 6.07) is 6.63. The Hall–Kier alpha value is -1.79. The lowest BCUT2D eigenvalue weighted by atomic mass is 9.66. The van der Waals surface area contributed by atoms with E-state index >= 15 is 0 Å². The molecule has 3 amide bonds. The number of carboxylic acid groups (broad SMARTS) is 1. The number of hydrogen-bond acceptors (Lipinski definition) is 3. The molecular formula is C21H29ClN2O4. The Kier molecular flexibility index (Phi) is 5.40. The van der Waals surface area contributed by atoms with Gasteiger partial charge in [0.2, 0.25) is 0 Å². The molecular weight excluding hydrogens is 380 g/mol. The van der Waals surface area contributed by atoms with Gasteiger partial charge in [0, 0.05) is 23.5 Å². The topological polar surface area (TPSA) is 81.1 Å². The van der Waals surface area contributed by atoms with Crippen molar-refractivity contribution in [1.29, 1.82) is 0 Å². The summed E-state index contributed by atoms with van der Waals surface area (Å²) in [6.07, 6.45) is 2.36. The Balaban J connectivity index is 1.84. The molecule has 6 nitrogen and oxygen atoms in total. The largest absolute Gasteiger partial charge is 0.465 e. The number of amides is 3. The van der Waals surface area contributed by atoms with E-state index < -0.39 is 28.7 Å². The summed E-state index contributed by atoms with van der Waals surface area (Å²) in [6.45, 7) is 6.23. The number of urea groups is 1. The van der Waals surface area contributed by atoms with Crippen molar-refractivity contribution in [3.8, 4) is 0 Å². The average molecular weight is 409 g/mol. The zero-order valence-corrected chi connectivity index (χ0v) is 17.5. The van der Waals surface area contributed by atoms with Crippen molar-refractivity contribution < 1.29 is 19.8 Å². The quantitative estimate of drug-likeness (QED) is 0.743. The van der Waals surface area contributed by atoms with Gasteiger partial charge in [-0.3, -0.25) is 0 Å². The van der Waals surface area contributed by atoms with Crippen LogP contribution in [0.1, 0.15) is 58.4 Å². The minimum absolute atomic E-state index is 0.269. The van der Waals surface area contributed by atoms with Gasteiger partial charge < -0.3 is 15.1 Å². The Labute approximate surface area is 171 Å². The van der Waals surface area contributed by atoms with E-state index in [0.29, 0.717) is 30.8 Å². The summed E-state index contributed by atoms with van der Waals surface area (Å²) >= 11 is 5.98. The van der Waals surface area contributed by atoms with Gasteiger partial charge in [-0.15, -0.1) is 0 Å². The molecule has 0 aromatic heterocycles. The summed E-state index contributed by atoms with van der Waals surface area (Å²) < 4.78 is 0. The SMILES string of the molecule is CC1(N(C(=O)O)C(=O)N2CCC(O)(c3ccc(Cl)cc3)C(C)(C)C2)CCCC1. The maximum Gasteiger partial charge on any atom is 0.416 e. The first-order valence-corrected chi connectivity index (χ1v) is 10.2. The van der Waals surface area contributed by atoms with Gasteiger partial charge in [0.15, 0.2) is 0 Å². The van der Waals surface area contributed by atoms with E-state index in [0.717, 1.165) is 23.3 Å². The number of carbonyl (C=O) groups excluding carboxylic acids is 1. The van der Waals surface area contributed by atoms with Gasteiger partial charge in [-0.1, -0.05) is 50.4 Å². The molecule has 7 heteroatoms. The van der Waals surface area contributed by atoms with E-state index in [1.807, 2.05) is 32.9 Å². The van der Waals surface area contributed by atoms with Crippen LogP contribution in [0.25, 0.3) is 0 Å². The number of hydrogen-bond donors (Lipinski definition) is 2. The predicted molar refractivity (Wildman–Crippen MR) is 107 cm³/mol. The molecule has 1 aliphatic heterocycles. The number of imide groups is 1. The lowest BCUT2D eigenvalue weighted by Crippen LogP contribution is -2.62. The molecule has 1 aliphatic carbocycles. The number of halogens is 1. The highest BCUT2D eigenvalue weighted by Crippen LogP contribution is 2.47. The van der Waals surface area contributed by atoms with Crippen LogP contribution in [0, 0.1) is 5.41 Å². The lowest BCUT2D eigenvalue weighted by molar-refractivity contribution is -0.118. The summed E-state index contributed by atoms with van der Waals surface area (Å²) in [5.41, 5.74) is -1.68. The third kappa shape index (κ3) is 3.48. The molecule has 154 valence electrons. The van der Waals surface area contributed by atoms with Gasteiger partial charge in [0.25, 0.3) is 0 Å². The number of nitrogens with zero attached hydrogens (tertiary/aromatic N) is 2. The third-order valence-corrected chi connectivity index (χ3v) is 6.90. The third-order valence-electron chi connectivity index (χ3n) is 6.64. The van der Waals surface area contributed by atoms with Crippen molar-refractivity contribution in [1.82, 2.24) is 9.80 Å². The maximum absolute atomic E-state index is 13.2. The first kappa shape index (κ1) is 20.9. The lowest BCUT2D eigenvalue weighted by Gasteiger charge is -2.51. The smallest absolute Gasteiger partial charge is 0.416 e. The Morgan fingerprint density at radius 3 is 2.14 bits per heavy atom. The summed E-state index contributed by atoms with van der Waals surface area (Å²) in [7, 11) is 0. The number of benzene rings is 1. The number of rotatable bonds is 2. The molecule has 2 fully saturated rings. The van der Waals surface area contributed by atoms with E-state index in [9.17, 15) is 19.8 Å². The van der Waals surface area contributed by atoms with Gasteiger partial charge >= 0.3 is 12.1 Å². The average Bonchev–Trinajstić information content (AvgIpc) is 3.04. The van der Waals surface area contributed by atoms with Gasteiger partial charge in [-0.05, 0) is 43.9 Å². The molecule has 2 aliphatic rings. The molecule has 3 rings (SSSR count). The van der Waals surface area contributed by atoms with E-state index in [-0.39, 0.29) is 6.54 Å². The van der Waals surface area contributed by atoms with Crippen molar-refractivity contribution in [2.24, 2.45) is 5.41 Å². The Morgan fingerprint density at radius 2 is 1.64 bits per heavy atom. The van der Waals surface area contributed by atoms with E-state index in [4.69, 9.17) is 11.6 Å². The molecule has 1 saturated heterocycles. The number of likely N-dealkylation sites (tertiary alicyclic amines) is 1. The second kappa shape index (κ2) is 7.23. The molecule has 1 unspecified atom stereocenters. The zero-order chi connectivity index (χ0) is 20.7. The van der Waals surface area contributed by atoms with Crippen molar-refractivity contribution in [3.63, 3.8) is 0 Å². The minimum Gasteiger partial charge on any atom is -0.465 e. The normalized spacial score (nSPS) is 26.1. The van der Waals surface area contributed by atoms with Crippen LogP contribution < -0.4 is 0 Å². The first-order chi connectivity index (χ1) is 13.0. The van der Waals surface area contributed by atoms with Crippen LogP contribution >= 0.6 is 11.6 Å². The van der Waals surface area contributed by atoms with Crippen LogP contribution in [-0.4, -0.2) is 50.8 Å². The fourth-order valence-electron chi connectivity index (χ4n) is 4.79. The second-order valence-corrected chi connectivity index (χ2v) is 9.46. The first-order valence-electron chi connectivity index (χ1n) is 9.81. The van der Waals surface area contributed by atoms with Crippen molar-refractivity contribution >= 4 is 23.7 Å². The molecule has 28 heavy (non-hydrogen) atoms. The Bertz CT molecular complexity index is 758. The summed E-state index contributed by atoms with van der Waals surface area (Å²) in [5, 5.41) is 21.8. The highest BCUT2D eigenvalue weighted by atomic mass is 35.5. The van der Waals surface area contributed by atoms with E-state index in [1.165, 1.54) is 0 Å². The highest BCUT2D eigenvalue weighted by Gasteiger charge is 2.52. The van der Waals surface area contributed by atoms with E-state index in [1.54, 1.807) is 17.0 Å². The van der Waals surface area contributed by atoms with Gasteiger partial charge in [-0.2, -0.15) is 0 Å². The van der Waals surface area contributed by atoms with Crippen LogP contribution in [0.15, 0.2) is 24.3 Å². The molecule has 0 radical (unpaired) electrons. The molecule has 0 spiro atoms. The zero-order valence-electron chi connectivity index (χ0n) is 16.7. The molecule has 1 aromatic rings. The van der Waals surface area contributed by atoms with Crippen LogP contribution in [0.2, 0.25) is 5.02 Å². The molecule has 1 aromatic carbocycles. The monoisotopic (exact) mass is 408 g/mol. The van der Waals surface area contributed by atoms with Gasteiger partial charge in [0.1, 0.15) is 0 Å². The van der Waals surface area contributed by atoms with Crippen molar-refractivity contribution in [2.45, 2.75) is 64.0 Å². The van der Waals surface area contributed by atoms with Crippen LogP contribution in [0.5, 0.6) is 0 Å². The summed E-state index contributed by atoms with van der Waals surface area (Å²) in [4.78, 5) is 27.7. The minimum atomic E-state index is -1.20. The maximum atomic E-state index is 13.2. The van der Waals surface area contributed by atoms with Crippen LogP contribution in [0.3, 0.4) is 0 Å². The standard InChI is InChI=1S/C21H29ClN2O4/c1-19(2)14-23(13-12-21(19,28)15-6-8-16(22)9-7-15)17(25)24(18(26)27)20(3)10-4-5-11-20/h6-9,28H,4-5,10-14H2,1-3H3,(H,26,27). The molecule has 1 saturated carbocycles. The number of carbonyl (C=O) groups is 2. The van der Waals surface area contributed by atoms with Crippen LogP contribution in [-0.2, 0) is 5.60 Å². The van der Waals surface area contributed by atoms with Gasteiger partial charge in [0.05, 0.1) is 11.1 Å². The number of piperidine rings is 1. The van der Waals surface area contributed by atoms with E-state index in [2.05, 4.69) is 0 Å².